The highest BCUT2D eigenvalue weighted by atomic mass is 16.5. The van der Waals surface area contributed by atoms with Crippen LogP contribution >= 0.6 is 0 Å². The third kappa shape index (κ3) is 5.48. The highest BCUT2D eigenvalue weighted by molar-refractivity contribution is 6.16. The number of likely N-dealkylation sites (tertiary alicyclic amines) is 1. The predicted octanol–water partition coefficient (Wildman–Crippen LogP) is 4.90. The molecule has 1 N–H and O–H groups in total. The van der Waals surface area contributed by atoms with E-state index in [0.29, 0.717) is 41.6 Å². The van der Waals surface area contributed by atoms with E-state index in [1.165, 1.54) is 5.57 Å². The summed E-state index contributed by atoms with van der Waals surface area (Å²) in [7, 11) is 1.16. The molecule has 0 spiro atoms. The van der Waals surface area contributed by atoms with Crippen molar-refractivity contribution in [3.05, 3.63) is 70.7 Å². The first kappa shape index (κ1) is 27.9. The summed E-state index contributed by atoms with van der Waals surface area (Å²) in [5.41, 5.74) is 3.17. The molecule has 0 unspecified atom stereocenters. The van der Waals surface area contributed by atoms with E-state index in [2.05, 4.69) is 6.92 Å². The second-order valence-corrected chi connectivity index (χ2v) is 10.5. The van der Waals surface area contributed by atoms with Crippen molar-refractivity contribution in [1.82, 2.24) is 4.90 Å². The number of carbonyl (C=O) groups is 3. The number of nitrogens with zero attached hydrogens (tertiary/aromatic N) is 1. The number of allylic oxidation sites excluding steroid dienone is 1. The van der Waals surface area contributed by atoms with Crippen LogP contribution in [-0.2, 0) is 25.7 Å². The molecule has 0 bridgehead atoms. The summed E-state index contributed by atoms with van der Waals surface area (Å²) in [5, 5.41) is 9.33. The Bertz CT molecular complexity index is 1310. The van der Waals surface area contributed by atoms with Gasteiger partial charge in [0, 0.05) is 5.92 Å². The highest BCUT2D eigenvalue weighted by Crippen LogP contribution is 2.50. The van der Waals surface area contributed by atoms with Gasteiger partial charge in [-0.05, 0) is 67.2 Å². The Hall–Kier alpha value is -3.69. The number of para-hydroxylation sites is 1. The second kappa shape index (κ2) is 12.2. The molecule has 1 aromatic carbocycles. The molecule has 9 nitrogen and oxygen atoms in total. The SMILES string of the molecule is CCC/C(=C\c1ccc(CO)o1)CC[C@H]1OC[C@H]2C1=C(COc1ccccc1)C[C@H]1C(=O)N(C(=O)OC)C(=O)[C@H]12. The summed E-state index contributed by atoms with van der Waals surface area (Å²) < 4.78 is 22.8. The monoisotopic (exact) mass is 549 g/mol. The van der Waals surface area contributed by atoms with Gasteiger partial charge in [-0.1, -0.05) is 37.1 Å². The van der Waals surface area contributed by atoms with Crippen LogP contribution in [0.25, 0.3) is 6.08 Å². The minimum atomic E-state index is -0.944. The maximum atomic E-state index is 13.3. The molecular formula is C31H35NO8. The van der Waals surface area contributed by atoms with Crippen LogP contribution in [-0.4, -0.2) is 54.3 Å². The zero-order chi connectivity index (χ0) is 28.2. The number of furan rings is 1. The quantitative estimate of drug-likeness (QED) is 0.329. The predicted molar refractivity (Wildman–Crippen MR) is 145 cm³/mol. The molecule has 2 aliphatic heterocycles. The van der Waals surface area contributed by atoms with E-state index in [9.17, 15) is 19.5 Å². The zero-order valence-corrected chi connectivity index (χ0v) is 22.8. The van der Waals surface area contributed by atoms with Crippen molar-refractivity contribution in [3.8, 4) is 5.75 Å². The van der Waals surface area contributed by atoms with E-state index >= 15 is 0 Å². The van der Waals surface area contributed by atoms with Gasteiger partial charge in [-0.2, -0.15) is 4.90 Å². The minimum Gasteiger partial charge on any atom is -0.489 e. The van der Waals surface area contributed by atoms with Crippen LogP contribution in [0.15, 0.2) is 63.6 Å². The van der Waals surface area contributed by atoms with Crippen LogP contribution in [0, 0.1) is 17.8 Å². The molecule has 2 saturated heterocycles. The lowest BCUT2D eigenvalue weighted by molar-refractivity contribution is -0.137. The lowest BCUT2D eigenvalue weighted by Crippen LogP contribution is -2.38. The average molecular weight is 550 g/mol. The fourth-order valence-corrected chi connectivity index (χ4v) is 6.23. The Labute approximate surface area is 233 Å². The van der Waals surface area contributed by atoms with Crippen molar-refractivity contribution < 1.29 is 38.1 Å². The van der Waals surface area contributed by atoms with Crippen LogP contribution < -0.4 is 4.74 Å². The maximum absolute atomic E-state index is 13.3. The van der Waals surface area contributed by atoms with Gasteiger partial charge in [-0.25, -0.2) is 4.79 Å². The van der Waals surface area contributed by atoms with Gasteiger partial charge in [0.15, 0.2) is 0 Å². The van der Waals surface area contributed by atoms with Gasteiger partial charge in [0.25, 0.3) is 0 Å². The first-order valence-corrected chi connectivity index (χ1v) is 13.8. The number of methoxy groups -OCH3 is 1. The highest BCUT2D eigenvalue weighted by Gasteiger charge is 2.59. The molecule has 1 aliphatic carbocycles. The molecule has 0 radical (unpaired) electrons. The normalized spacial score (nSPS) is 24.4. The lowest BCUT2D eigenvalue weighted by Gasteiger charge is -2.31. The van der Waals surface area contributed by atoms with Crippen molar-refractivity contribution >= 4 is 24.0 Å². The second-order valence-electron chi connectivity index (χ2n) is 10.5. The number of ether oxygens (including phenoxy) is 3. The van der Waals surface area contributed by atoms with E-state index in [0.717, 1.165) is 37.5 Å². The van der Waals surface area contributed by atoms with E-state index in [4.69, 9.17) is 18.6 Å². The van der Waals surface area contributed by atoms with Gasteiger partial charge in [-0.3, -0.25) is 9.59 Å². The largest absolute Gasteiger partial charge is 0.489 e. The number of hydrogen-bond acceptors (Lipinski definition) is 8. The molecule has 0 saturated carbocycles. The standard InChI is InChI=1S/C31H35NO8/c1-3-7-19(14-22-11-12-23(16-33)40-22)10-13-26-27-20(17-38-21-8-5-4-6-9-21)15-24-28(25(27)18-39-26)30(35)32(29(24)34)31(36)37-2/h4-6,8-9,11-12,14,24-26,28,33H,3,7,10,13,15-18H2,1-2H3/b19-14+/t24-,25+,26-,28-/m1/s1. The average Bonchev–Trinajstić information content (AvgIpc) is 3.67. The third-order valence-electron chi connectivity index (χ3n) is 8.00. The van der Waals surface area contributed by atoms with Crippen molar-refractivity contribution in [1.29, 1.82) is 0 Å². The molecule has 40 heavy (non-hydrogen) atoms. The minimum absolute atomic E-state index is 0.146. The van der Waals surface area contributed by atoms with Gasteiger partial charge in [0.2, 0.25) is 11.8 Å². The maximum Gasteiger partial charge on any atom is 0.423 e. The number of hydrogen-bond donors (Lipinski definition) is 1. The third-order valence-corrected chi connectivity index (χ3v) is 8.00. The van der Waals surface area contributed by atoms with Crippen LogP contribution in [0.3, 0.4) is 0 Å². The number of carbonyl (C=O) groups excluding carboxylic acids is 3. The van der Waals surface area contributed by atoms with E-state index in [1.54, 1.807) is 6.07 Å². The smallest absolute Gasteiger partial charge is 0.423 e. The van der Waals surface area contributed by atoms with E-state index < -0.39 is 29.7 Å². The zero-order valence-electron chi connectivity index (χ0n) is 22.8. The molecule has 3 amide bonds. The molecule has 2 fully saturated rings. The molecule has 9 heteroatoms. The van der Waals surface area contributed by atoms with Crippen molar-refractivity contribution in [3.63, 3.8) is 0 Å². The fraction of sp³-hybridized carbons (Fsp3) is 0.452. The Balaban J connectivity index is 1.41. The number of aliphatic hydroxyl groups is 1. The Kier molecular flexibility index (Phi) is 8.52. The Morgan fingerprint density at radius 1 is 1.10 bits per heavy atom. The van der Waals surface area contributed by atoms with Gasteiger partial charge in [0.05, 0.1) is 31.7 Å². The molecule has 3 aliphatic rings. The number of fused-ring (bicyclic) bond motifs is 3. The fourth-order valence-electron chi connectivity index (χ4n) is 6.23. The first-order chi connectivity index (χ1) is 19.4. The molecule has 1 aromatic heterocycles. The summed E-state index contributed by atoms with van der Waals surface area (Å²) in [4.78, 5) is 39.5. The van der Waals surface area contributed by atoms with Crippen LogP contribution in [0.2, 0.25) is 0 Å². The van der Waals surface area contributed by atoms with Gasteiger partial charge < -0.3 is 23.7 Å². The van der Waals surface area contributed by atoms with Gasteiger partial charge >= 0.3 is 6.09 Å². The van der Waals surface area contributed by atoms with E-state index in [-0.39, 0.29) is 25.2 Å². The van der Waals surface area contributed by atoms with E-state index in [1.807, 2.05) is 42.5 Å². The van der Waals surface area contributed by atoms with Crippen molar-refractivity contribution in [2.45, 2.75) is 51.7 Å². The van der Waals surface area contributed by atoms with Crippen LogP contribution in [0.4, 0.5) is 4.79 Å². The topological polar surface area (TPSA) is 116 Å². The number of benzene rings is 1. The molecule has 5 rings (SSSR count). The van der Waals surface area contributed by atoms with Crippen molar-refractivity contribution in [2.24, 2.45) is 17.8 Å². The molecule has 2 aromatic rings. The number of aliphatic hydroxyl groups excluding tert-OH is 1. The van der Waals surface area contributed by atoms with Crippen molar-refractivity contribution in [2.75, 3.05) is 20.3 Å². The summed E-state index contributed by atoms with van der Waals surface area (Å²) in [6.07, 6.45) is 4.48. The molecular weight excluding hydrogens is 514 g/mol. The Morgan fingerprint density at radius 3 is 2.60 bits per heavy atom. The summed E-state index contributed by atoms with van der Waals surface area (Å²) in [6, 6.07) is 13.1. The number of imide groups is 3. The van der Waals surface area contributed by atoms with Crippen LogP contribution in [0.5, 0.6) is 5.75 Å². The summed E-state index contributed by atoms with van der Waals surface area (Å²) in [6.45, 7) is 2.55. The number of amides is 3. The summed E-state index contributed by atoms with van der Waals surface area (Å²) in [5.74, 6) is -0.706. The summed E-state index contributed by atoms with van der Waals surface area (Å²) >= 11 is 0. The Morgan fingerprint density at radius 2 is 1.90 bits per heavy atom. The van der Waals surface area contributed by atoms with Gasteiger partial charge in [0.1, 0.15) is 30.5 Å². The molecule has 4 atom stereocenters. The van der Waals surface area contributed by atoms with Gasteiger partial charge in [-0.15, -0.1) is 0 Å². The molecule has 3 heterocycles. The number of rotatable bonds is 10. The lowest BCUT2D eigenvalue weighted by atomic mass is 9.69. The molecule has 212 valence electrons. The van der Waals surface area contributed by atoms with Crippen LogP contribution in [0.1, 0.15) is 50.5 Å². The first-order valence-electron chi connectivity index (χ1n) is 13.8.